The number of amides is 1. The van der Waals surface area contributed by atoms with Crippen molar-refractivity contribution in [2.45, 2.75) is 84.2 Å². The van der Waals surface area contributed by atoms with Crippen LogP contribution in [0, 0.1) is 11.2 Å². The lowest BCUT2D eigenvalue weighted by molar-refractivity contribution is -0.239. The second-order valence-corrected chi connectivity index (χ2v) is 15.0. The van der Waals surface area contributed by atoms with Crippen LogP contribution in [0.2, 0.25) is 0 Å². The number of aromatic nitrogens is 3. The fraction of sp³-hybridized carbons (Fsp3) is 0.677. The molecule has 3 aliphatic rings. The number of hydrogen-bond donors (Lipinski definition) is 3. The van der Waals surface area contributed by atoms with Crippen LogP contribution in [-0.4, -0.2) is 114 Å². The van der Waals surface area contributed by atoms with Gasteiger partial charge >= 0.3 is 0 Å². The summed E-state index contributed by atoms with van der Waals surface area (Å²) in [4.78, 5) is 23.9. The molecular formula is C31H47FN8O6S. The Morgan fingerprint density at radius 3 is 2.51 bits per heavy atom. The average Bonchev–Trinajstić information content (AvgIpc) is 2.98. The van der Waals surface area contributed by atoms with Gasteiger partial charge in [-0.2, -0.15) is 13.1 Å². The molecule has 1 amide bonds. The van der Waals surface area contributed by atoms with Crippen molar-refractivity contribution in [2.24, 2.45) is 5.41 Å². The molecule has 1 aromatic heterocycles. The summed E-state index contributed by atoms with van der Waals surface area (Å²) in [5, 5.41) is 19.2. The fourth-order valence-electron chi connectivity index (χ4n) is 6.85. The van der Waals surface area contributed by atoms with Crippen molar-refractivity contribution in [3.05, 3.63) is 35.9 Å². The number of rotatable bonds is 12. The molecule has 3 aliphatic heterocycles. The van der Waals surface area contributed by atoms with Gasteiger partial charge in [-0.15, -0.1) is 10.2 Å². The summed E-state index contributed by atoms with van der Waals surface area (Å²) in [6, 6.07) is 3.28. The summed E-state index contributed by atoms with van der Waals surface area (Å²) < 4.78 is 55.2. The maximum absolute atomic E-state index is 14.3. The van der Waals surface area contributed by atoms with Gasteiger partial charge in [0.1, 0.15) is 17.9 Å². The van der Waals surface area contributed by atoms with Gasteiger partial charge in [-0.05, 0) is 78.2 Å². The number of aliphatic hydroxyl groups is 1. The van der Waals surface area contributed by atoms with Crippen LogP contribution in [0.3, 0.4) is 0 Å². The zero-order valence-corrected chi connectivity index (χ0v) is 28.6. The molecule has 2 atom stereocenters. The molecule has 2 aromatic rings. The minimum Gasteiger partial charge on any atom is -0.434 e. The predicted molar refractivity (Wildman–Crippen MR) is 173 cm³/mol. The average molecular weight is 679 g/mol. The third-order valence-corrected chi connectivity index (χ3v) is 10.4. The lowest BCUT2D eigenvalue weighted by Gasteiger charge is -2.55. The summed E-state index contributed by atoms with van der Waals surface area (Å²) in [5.74, 6) is -1.38. The van der Waals surface area contributed by atoms with E-state index in [1.807, 2.05) is 27.7 Å². The van der Waals surface area contributed by atoms with E-state index in [1.165, 1.54) is 24.5 Å². The lowest BCUT2D eigenvalue weighted by Crippen LogP contribution is -2.62. The van der Waals surface area contributed by atoms with E-state index in [9.17, 15) is 22.7 Å². The van der Waals surface area contributed by atoms with Crippen LogP contribution in [0.15, 0.2) is 24.5 Å². The quantitative estimate of drug-likeness (QED) is 0.302. The van der Waals surface area contributed by atoms with E-state index in [1.54, 1.807) is 11.8 Å². The molecule has 0 unspecified atom stereocenters. The highest BCUT2D eigenvalue weighted by Gasteiger charge is 2.47. The number of likely N-dealkylation sites (tertiary alicyclic amines) is 1. The molecule has 5 rings (SSSR count). The summed E-state index contributed by atoms with van der Waals surface area (Å²) in [5.41, 5.74) is 0.168. The number of benzene rings is 1. The standard InChI is InChI=1S/C31H47FN8O6S/c1-6-35-47(43,44)37-24-9-10-31(42,45-16-24)19-38-13-11-30(12-14-38)17-39(18-30)27-28(36-34-20-33-27)46-26-8-7-23(32)15-25(26)29(41)40(21(2)3)22(4)5/h7-8,15,20-22,24,35,37,42H,6,9-14,16-19H2,1-5H3/t24-,31-/m1/s1. The van der Waals surface area contributed by atoms with Gasteiger partial charge in [0.25, 0.3) is 22.0 Å². The molecule has 16 heteroatoms. The topological polar surface area (TPSA) is 162 Å². The number of nitrogens with one attached hydrogen (secondary N) is 2. The molecule has 1 spiro atoms. The molecule has 0 saturated carbocycles. The first-order valence-electron chi connectivity index (χ1n) is 16.3. The molecule has 3 fully saturated rings. The number of nitrogens with zero attached hydrogens (tertiary/aromatic N) is 6. The van der Waals surface area contributed by atoms with E-state index in [-0.39, 0.29) is 53.2 Å². The Morgan fingerprint density at radius 1 is 1.19 bits per heavy atom. The third kappa shape index (κ3) is 8.35. The number of anilines is 1. The summed E-state index contributed by atoms with van der Waals surface area (Å²) >= 11 is 0. The normalized spacial score (nSPS) is 23.3. The molecular weight excluding hydrogens is 631 g/mol. The van der Waals surface area contributed by atoms with Gasteiger partial charge in [0, 0.05) is 49.6 Å². The number of carbonyl (C=O) groups excluding carboxylic acids is 1. The van der Waals surface area contributed by atoms with E-state index in [0.29, 0.717) is 31.7 Å². The van der Waals surface area contributed by atoms with Crippen LogP contribution in [0.1, 0.15) is 70.7 Å². The van der Waals surface area contributed by atoms with Crippen molar-refractivity contribution in [3.63, 3.8) is 0 Å². The molecule has 0 aliphatic carbocycles. The van der Waals surface area contributed by atoms with Crippen molar-refractivity contribution in [1.29, 1.82) is 0 Å². The van der Waals surface area contributed by atoms with Gasteiger partial charge < -0.3 is 24.4 Å². The first kappa shape index (κ1) is 35.3. The molecule has 0 radical (unpaired) electrons. The molecule has 260 valence electrons. The number of β-amino-alcohol motifs (C(OH)–C–C–N with tert-alkyl or cyclic N) is 1. The Labute approximate surface area is 276 Å². The van der Waals surface area contributed by atoms with Gasteiger partial charge in [0.15, 0.2) is 11.6 Å². The second kappa shape index (κ2) is 14.2. The van der Waals surface area contributed by atoms with Crippen molar-refractivity contribution in [3.8, 4) is 11.6 Å². The van der Waals surface area contributed by atoms with Crippen molar-refractivity contribution >= 4 is 21.9 Å². The molecule has 47 heavy (non-hydrogen) atoms. The van der Waals surface area contributed by atoms with Crippen molar-refractivity contribution < 1.29 is 32.2 Å². The van der Waals surface area contributed by atoms with Crippen LogP contribution >= 0.6 is 0 Å². The number of ether oxygens (including phenoxy) is 2. The highest BCUT2D eigenvalue weighted by Crippen LogP contribution is 2.45. The monoisotopic (exact) mass is 678 g/mol. The summed E-state index contributed by atoms with van der Waals surface area (Å²) in [7, 11) is -3.59. The maximum Gasteiger partial charge on any atom is 0.282 e. The van der Waals surface area contributed by atoms with Crippen molar-refractivity contribution in [2.75, 3.05) is 50.8 Å². The molecule has 1 aromatic carbocycles. The van der Waals surface area contributed by atoms with E-state index < -0.39 is 21.8 Å². The van der Waals surface area contributed by atoms with E-state index in [4.69, 9.17) is 9.47 Å². The summed E-state index contributed by atoms with van der Waals surface area (Å²) in [6.07, 6.45) is 3.99. The Bertz CT molecular complexity index is 1500. The zero-order chi connectivity index (χ0) is 34.0. The highest BCUT2D eigenvalue weighted by molar-refractivity contribution is 7.87. The number of halogens is 1. The van der Waals surface area contributed by atoms with E-state index >= 15 is 0 Å². The highest BCUT2D eigenvalue weighted by atomic mass is 32.2. The van der Waals surface area contributed by atoms with Gasteiger partial charge in [-0.1, -0.05) is 6.92 Å². The Morgan fingerprint density at radius 2 is 1.89 bits per heavy atom. The zero-order valence-electron chi connectivity index (χ0n) is 27.8. The number of piperidine rings is 1. The van der Waals surface area contributed by atoms with Crippen LogP contribution < -0.4 is 19.1 Å². The Hall–Kier alpha value is -3.02. The Balaban J connectivity index is 1.17. The molecule has 3 saturated heterocycles. The first-order chi connectivity index (χ1) is 22.2. The van der Waals surface area contributed by atoms with Crippen LogP contribution in [0.25, 0.3) is 0 Å². The molecule has 0 bridgehead atoms. The van der Waals surface area contributed by atoms with Gasteiger partial charge in [-0.3, -0.25) is 9.69 Å². The van der Waals surface area contributed by atoms with Crippen LogP contribution in [0.4, 0.5) is 10.2 Å². The molecule has 3 N–H and O–H groups in total. The maximum atomic E-state index is 14.3. The van der Waals surface area contributed by atoms with Gasteiger partial charge in [0.2, 0.25) is 0 Å². The smallest absolute Gasteiger partial charge is 0.282 e. The van der Waals surface area contributed by atoms with Gasteiger partial charge in [-0.25, -0.2) is 14.1 Å². The second-order valence-electron chi connectivity index (χ2n) is 13.5. The SMILES string of the molecule is CCNS(=O)(=O)N[C@@H]1CC[C@](O)(CN2CCC3(CC2)CN(c2ncnnc2Oc2ccc(F)cc2C(=O)N(C(C)C)C(C)C)C3)OC1. The molecule has 4 heterocycles. The van der Waals surface area contributed by atoms with Crippen LogP contribution in [0.5, 0.6) is 11.6 Å². The fourth-order valence-corrected chi connectivity index (χ4v) is 7.94. The Kier molecular flexibility index (Phi) is 10.7. The third-order valence-electron chi connectivity index (χ3n) is 9.13. The lowest BCUT2D eigenvalue weighted by atomic mass is 9.72. The first-order valence-corrected chi connectivity index (χ1v) is 17.8. The van der Waals surface area contributed by atoms with E-state index in [2.05, 4.69) is 34.4 Å². The van der Waals surface area contributed by atoms with Crippen molar-refractivity contribution in [1.82, 2.24) is 34.4 Å². The van der Waals surface area contributed by atoms with E-state index in [0.717, 1.165) is 39.0 Å². The predicted octanol–water partition coefficient (Wildman–Crippen LogP) is 2.28. The molecule has 14 nitrogen and oxygen atoms in total. The van der Waals surface area contributed by atoms with Gasteiger partial charge in [0.05, 0.1) is 18.7 Å². The van der Waals surface area contributed by atoms with Crippen LogP contribution in [-0.2, 0) is 14.9 Å². The largest absolute Gasteiger partial charge is 0.434 e. The number of hydrogen-bond acceptors (Lipinski definition) is 11. The summed E-state index contributed by atoms with van der Waals surface area (Å²) in [6.45, 7) is 13.1. The minimum atomic E-state index is -3.59. The minimum absolute atomic E-state index is 0.0659. The number of carbonyl (C=O) groups is 1.